The first kappa shape index (κ1) is 26.7. The number of alkyl halides is 3. The summed E-state index contributed by atoms with van der Waals surface area (Å²) >= 11 is 0. The van der Waals surface area contributed by atoms with Crippen LogP contribution < -0.4 is 14.8 Å². The summed E-state index contributed by atoms with van der Waals surface area (Å²) in [7, 11) is 1.80. The van der Waals surface area contributed by atoms with Gasteiger partial charge in [0.1, 0.15) is 41.3 Å². The normalized spacial score (nSPS) is 13.2. The highest BCUT2D eigenvalue weighted by molar-refractivity contribution is 6.76. The number of anilines is 1. The molecule has 1 N–H and O–H groups in total. The van der Waals surface area contributed by atoms with Crippen molar-refractivity contribution in [1.82, 2.24) is 19.7 Å². The maximum atomic E-state index is 13.6. The third-order valence-corrected chi connectivity index (χ3v) is 7.31. The predicted octanol–water partition coefficient (Wildman–Crippen LogP) is 5.43. The smallest absolute Gasteiger partial charge is 0.397 e. The predicted molar refractivity (Wildman–Crippen MR) is 131 cm³/mol. The van der Waals surface area contributed by atoms with Gasteiger partial charge in [-0.15, -0.1) is 0 Å². The van der Waals surface area contributed by atoms with E-state index < -0.39 is 20.2 Å². The molecule has 192 valence electrons. The molecule has 0 aliphatic rings. The first-order chi connectivity index (χ1) is 16.4. The number of halogens is 3. The van der Waals surface area contributed by atoms with Gasteiger partial charge in [0, 0.05) is 32.9 Å². The Kier molecular flexibility index (Phi) is 8.26. The van der Waals surface area contributed by atoms with Gasteiger partial charge in [-0.05, 0) is 25.1 Å². The Labute approximate surface area is 203 Å². The fourth-order valence-corrected chi connectivity index (χ4v) is 4.17. The quantitative estimate of drug-likeness (QED) is 0.271. The van der Waals surface area contributed by atoms with Gasteiger partial charge in [-0.2, -0.15) is 18.3 Å². The molecule has 2 heterocycles. The van der Waals surface area contributed by atoms with Crippen molar-refractivity contribution in [3.63, 3.8) is 0 Å². The maximum absolute atomic E-state index is 13.6. The van der Waals surface area contributed by atoms with Gasteiger partial charge in [-0.1, -0.05) is 19.6 Å². The number of benzene rings is 1. The molecule has 8 nitrogen and oxygen atoms in total. The second-order valence-corrected chi connectivity index (χ2v) is 15.1. The number of hydrogen-bond acceptors (Lipinski definition) is 7. The number of ether oxygens (including phenoxy) is 3. The van der Waals surface area contributed by atoms with Crippen molar-refractivity contribution < 1.29 is 27.4 Å². The molecule has 0 fully saturated rings. The summed E-state index contributed by atoms with van der Waals surface area (Å²) in [4.78, 5) is 8.45. The molecule has 0 spiro atoms. The van der Waals surface area contributed by atoms with Crippen molar-refractivity contribution in [2.45, 2.75) is 58.0 Å². The van der Waals surface area contributed by atoms with Crippen molar-refractivity contribution in [2.75, 3.05) is 26.1 Å². The summed E-state index contributed by atoms with van der Waals surface area (Å²) in [5.41, 5.74) is 1.16. The topological polar surface area (TPSA) is 83.3 Å². The van der Waals surface area contributed by atoms with Crippen molar-refractivity contribution in [2.24, 2.45) is 0 Å². The van der Waals surface area contributed by atoms with E-state index in [0.717, 1.165) is 18.5 Å². The molecule has 1 unspecified atom stereocenters. The van der Waals surface area contributed by atoms with Crippen molar-refractivity contribution >= 4 is 24.9 Å². The van der Waals surface area contributed by atoms with E-state index in [1.54, 1.807) is 26.4 Å². The molecule has 3 aromatic rings. The van der Waals surface area contributed by atoms with Crippen LogP contribution in [0.3, 0.4) is 0 Å². The highest BCUT2D eigenvalue weighted by Crippen LogP contribution is 2.37. The Hall–Kier alpha value is -2.86. The van der Waals surface area contributed by atoms with Gasteiger partial charge in [-0.3, -0.25) is 0 Å². The molecule has 1 aromatic carbocycles. The van der Waals surface area contributed by atoms with E-state index >= 15 is 0 Å². The lowest BCUT2D eigenvalue weighted by Gasteiger charge is -2.16. The molecule has 12 heteroatoms. The lowest BCUT2D eigenvalue weighted by Crippen LogP contribution is -2.22. The maximum Gasteiger partial charge on any atom is 0.397 e. The van der Waals surface area contributed by atoms with Crippen LogP contribution in [0.25, 0.3) is 11.0 Å². The molecule has 0 amide bonds. The van der Waals surface area contributed by atoms with E-state index in [1.807, 2.05) is 6.07 Å². The molecule has 0 aliphatic carbocycles. The van der Waals surface area contributed by atoms with Crippen LogP contribution in [0.4, 0.5) is 19.0 Å². The molecule has 0 bridgehead atoms. The summed E-state index contributed by atoms with van der Waals surface area (Å²) in [6.07, 6.45) is -3.22. The zero-order chi connectivity index (χ0) is 25.8. The summed E-state index contributed by atoms with van der Waals surface area (Å²) in [6, 6.07) is 6.33. The SMILES string of the molecule is COc1ccc(CNc2ncnc3c(C(C)C(F)(F)F)nn(COCC[Si](C)(C)C)c23)c(OC)c1. The van der Waals surface area contributed by atoms with Crippen LogP contribution in [0.15, 0.2) is 24.5 Å². The number of methoxy groups -OCH3 is 2. The Morgan fingerprint density at radius 3 is 2.49 bits per heavy atom. The average Bonchev–Trinajstić information content (AvgIpc) is 3.17. The van der Waals surface area contributed by atoms with Gasteiger partial charge < -0.3 is 19.5 Å². The number of hydrogen-bond donors (Lipinski definition) is 1. The lowest BCUT2D eigenvalue weighted by molar-refractivity contribution is -0.147. The van der Waals surface area contributed by atoms with Crippen LogP contribution in [-0.2, 0) is 18.0 Å². The molecule has 1 atom stereocenters. The third kappa shape index (κ3) is 6.63. The van der Waals surface area contributed by atoms with Crippen LogP contribution in [0.1, 0.15) is 24.1 Å². The Balaban J connectivity index is 1.95. The second kappa shape index (κ2) is 10.8. The van der Waals surface area contributed by atoms with Crippen molar-refractivity contribution in [3.8, 4) is 11.5 Å². The molecular formula is C23H32F3N5O3Si. The molecule has 35 heavy (non-hydrogen) atoms. The summed E-state index contributed by atoms with van der Waals surface area (Å²) in [5.74, 6) is -0.182. The number of aromatic nitrogens is 4. The highest BCUT2D eigenvalue weighted by atomic mass is 28.3. The van der Waals surface area contributed by atoms with Crippen LogP contribution in [0, 0.1) is 0 Å². The molecule has 3 rings (SSSR count). The monoisotopic (exact) mass is 511 g/mol. The molecule has 0 aliphatic heterocycles. The third-order valence-electron chi connectivity index (χ3n) is 5.60. The Bertz CT molecular complexity index is 1150. The van der Waals surface area contributed by atoms with Gasteiger partial charge >= 0.3 is 6.18 Å². The number of nitrogens with one attached hydrogen (secondary N) is 1. The van der Waals surface area contributed by atoms with Crippen molar-refractivity contribution in [1.29, 1.82) is 0 Å². The van der Waals surface area contributed by atoms with Gasteiger partial charge in [0.25, 0.3) is 0 Å². The van der Waals surface area contributed by atoms with Gasteiger partial charge in [-0.25, -0.2) is 14.6 Å². The summed E-state index contributed by atoms with van der Waals surface area (Å²) in [5, 5.41) is 7.46. The minimum absolute atomic E-state index is 0.000528. The molecule has 2 aromatic heterocycles. The first-order valence-electron chi connectivity index (χ1n) is 11.2. The molecule has 0 radical (unpaired) electrons. The average molecular weight is 512 g/mol. The van der Waals surface area contributed by atoms with Gasteiger partial charge in [0.05, 0.1) is 20.1 Å². The molecular weight excluding hydrogens is 479 g/mol. The summed E-state index contributed by atoms with van der Waals surface area (Å²) in [6.45, 7) is 8.57. The van der Waals surface area contributed by atoms with E-state index in [4.69, 9.17) is 14.2 Å². The van der Waals surface area contributed by atoms with Crippen LogP contribution >= 0.6 is 0 Å². The first-order valence-corrected chi connectivity index (χ1v) is 15.0. The molecule has 0 saturated heterocycles. The Morgan fingerprint density at radius 1 is 1.11 bits per heavy atom. The Morgan fingerprint density at radius 2 is 1.86 bits per heavy atom. The highest BCUT2D eigenvalue weighted by Gasteiger charge is 2.40. The van der Waals surface area contributed by atoms with E-state index in [-0.39, 0.29) is 17.9 Å². The van der Waals surface area contributed by atoms with E-state index in [9.17, 15) is 13.2 Å². The van der Waals surface area contributed by atoms with Gasteiger partial charge in [0.2, 0.25) is 0 Å². The number of rotatable bonds is 11. The van der Waals surface area contributed by atoms with Crippen LogP contribution in [0.2, 0.25) is 25.7 Å². The standard InChI is InChI=1S/C23H32F3N5O3Si/c1-15(23(24,25)26)19-20-21(31(30-19)14-34-9-10-35(4,5)6)22(29-13-28-20)27-12-16-7-8-17(32-2)11-18(16)33-3/h7-8,11,13,15H,9-10,12,14H2,1-6H3,(H,27,28,29). The van der Waals surface area contributed by atoms with Crippen molar-refractivity contribution in [3.05, 3.63) is 35.8 Å². The minimum atomic E-state index is -4.46. The van der Waals surface area contributed by atoms with E-state index in [2.05, 4.69) is 40.0 Å². The number of nitrogens with zero attached hydrogens (tertiary/aromatic N) is 4. The van der Waals surface area contributed by atoms with Crippen LogP contribution in [0.5, 0.6) is 11.5 Å². The zero-order valence-corrected chi connectivity index (χ0v) is 21.9. The van der Waals surface area contributed by atoms with Gasteiger partial charge in [0.15, 0.2) is 5.82 Å². The lowest BCUT2D eigenvalue weighted by atomic mass is 10.1. The second-order valence-electron chi connectivity index (χ2n) is 9.45. The van der Waals surface area contributed by atoms with E-state index in [0.29, 0.717) is 36.0 Å². The zero-order valence-electron chi connectivity index (χ0n) is 20.9. The number of fused-ring (bicyclic) bond motifs is 1. The summed E-state index contributed by atoms with van der Waals surface area (Å²) < 4.78 is 58.6. The fraction of sp³-hybridized carbons (Fsp3) is 0.522. The largest absolute Gasteiger partial charge is 0.497 e. The molecule has 0 saturated carbocycles. The fourth-order valence-electron chi connectivity index (χ4n) is 3.41. The van der Waals surface area contributed by atoms with E-state index in [1.165, 1.54) is 11.0 Å². The van der Waals surface area contributed by atoms with Crippen LogP contribution in [-0.4, -0.2) is 54.8 Å². The minimum Gasteiger partial charge on any atom is -0.497 e.